The molecule has 0 radical (unpaired) electrons. The molecule has 0 unspecified atom stereocenters. The molecule has 0 amide bonds. The molecule has 1 saturated heterocycles. The molecular weight excluding hydrogens is 314 g/mol. The number of aryl methyl sites for hydroxylation is 1. The fourth-order valence-electron chi connectivity index (χ4n) is 4.29. The van der Waals surface area contributed by atoms with E-state index in [1.165, 1.54) is 30.4 Å². The van der Waals surface area contributed by atoms with E-state index >= 15 is 0 Å². The largest absolute Gasteiger partial charge is 0.360 e. The van der Waals surface area contributed by atoms with Gasteiger partial charge in [0.05, 0.1) is 37.1 Å². The first kappa shape index (κ1) is 16.1. The van der Waals surface area contributed by atoms with Crippen LogP contribution in [0.5, 0.6) is 0 Å². The first-order valence-corrected chi connectivity index (χ1v) is 9.11. The number of hydrogen-bond donors (Lipinski definition) is 1. The smallest absolute Gasteiger partial charge is 0.269 e. The summed E-state index contributed by atoms with van der Waals surface area (Å²) >= 11 is 0. The van der Waals surface area contributed by atoms with Gasteiger partial charge in [-0.05, 0) is 29.7 Å². The van der Waals surface area contributed by atoms with Crippen molar-refractivity contribution in [3.63, 3.8) is 0 Å². The van der Waals surface area contributed by atoms with Gasteiger partial charge in [0.2, 0.25) is 0 Å². The number of piperazine rings is 1. The van der Waals surface area contributed by atoms with Crippen LogP contribution < -0.4 is 9.80 Å². The zero-order chi connectivity index (χ0) is 17.2. The third kappa shape index (κ3) is 3.37. The second-order valence-corrected chi connectivity index (χ2v) is 7.13. The van der Waals surface area contributed by atoms with Crippen LogP contribution in [0.15, 0.2) is 48.5 Å². The van der Waals surface area contributed by atoms with Crippen molar-refractivity contribution in [2.75, 3.05) is 31.1 Å². The summed E-state index contributed by atoms with van der Waals surface area (Å²) < 4.78 is 0. The standard InChI is InChI=1S/C20H23N3O2/c24-23(25)19-9-7-18(8-10-19)21-11-13-22(14-12-21)20-6-5-16-3-1-2-4-17(16)15-20/h1-4,7-10,20H,5-6,11-15H2/p+1/t20-/m0/s1. The molecule has 5 nitrogen and oxygen atoms in total. The topological polar surface area (TPSA) is 50.8 Å². The van der Waals surface area contributed by atoms with Crippen LogP contribution in [0.4, 0.5) is 11.4 Å². The zero-order valence-electron chi connectivity index (χ0n) is 14.4. The van der Waals surface area contributed by atoms with E-state index in [4.69, 9.17) is 0 Å². The summed E-state index contributed by atoms with van der Waals surface area (Å²) in [5, 5.41) is 10.8. The number of nitro groups is 1. The van der Waals surface area contributed by atoms with Crippen LogP contribution in [0, 0.1) is 10.1 Å². The molecule has 2 aromatic carbocycles. The maximum absolute atomic E-state index is 10.8. The number of benzene rings is 2. The summed E-state index contributed by atoms with van der Waals surface area (Å²) in [5.41, 5.74) is 4.32. The lowest BCUT2D eigenvalue weighted by molar-refractivity contribution is -0.926. The second-order valence-electron chi connectivity index (χ2n) is 7.13. The van der Waals surface area contributed by atoms with Crippen LogP contribution in [-0.2, 0) is 12.8 Å². The van der Waals surface area contributed by atoms with Gasteiger partial charge in [-0.1, -0.05) is 24.3 Å². The zero-order valence-corrected chi connectivity index (χ0v) is 14.4. The van der Waals surface area contributed by atoms with Crippen LogP contribution >= 0.6 is 0 Å². The fourth-order valence-corrected chi connectivity index (χ4v) is 4.29. The summed E-state index contributed by atoms with van der Waals surface area (Å²) in [6.07, 6.45) is 3.68. The van der Waals surface area contributed by atoms with E-state index in [9.17, 15) is 10.1 Å². The van der Waals surface area contributed by atoms with Crippen molar-refractivity contribution in [2.45, 2.75) is 25.3 Å². The molecule has 4 rings (SSSR count). The van der Waals surface area contributed by atoms with Crippen LogP contribution in [0.25, 0.3) is 0 Å². The minimum absolute atomic E-state index is 0.161. The molecule has 2 aromatic rings. The first-order valence-electron chi connectivity index (χ1n) is 9.11. The quantitative estimate of drug-likeness (QED) is 0.686. The number of nitro benzene ring substituents is 1. The maximum Gasteiger partial charge on any atom is 0.269 e. The maximum atomic E-state index is 10.8. The van der Waals surface area contributed by atoms with E-state index in [1.54, 1.807) is 17.0 Å². The van der Waals surface area contributed by atoms with Gasteiger partial charge in [0, 0.05) is 30.7 Å². The van der Waals surface area contributed by atoms with E-state index < -0.39 is 0 Å². The van der Waals surface area contributed by atoms with Crippen molar-refractivity contribution in [3.8, 4) is 0 Å². The molecular formula is C20H24N3O2+. The van der Waals surface area contributed by atoms with Gasteiger partial charge in [0.1, 0.15) is 0 Å². The Morgan fingerprint density at radius 2 is 1.68 bits per heavy atom. The van der Waals surface area contributed by atoms with Crippen LogP contribution in [0.3, 0.4) is 0 Å². The summed E-state index contributed by atoms with van der Waals surface area (Å²) in [6.45, 7) is 4.32. The van der Waals surface area contributed by atoms with E-state index in [-0.39, 0.29) is 10.6 Å². The van der Waals surface area contributed by atoms with Crippen LogP contribution in [0.2, 0.25) is 0 Å². The molecule has 0 spiro atoms. The monoisotopic (exact) mass is 338 g/mol. The molecule has 1 N–H and O–H groups in total. The number of nitrogens with zero attached hydrogens (tertiary/aromatic N) is 2. The predicted molar refractivity (Wildman–Crippen MR) is 98.3 cm³/mol. The van der Waals surface area contributed by atoms with Gasteiger partial charge in [0.15, 0.2) is 0 Å². The molecule has 1 heterocycles. The SMILES string of the molecule is O=[N+]([O-])c1ccc(N2CC[NH+]([C@H]3CCc4ccccc4C3)CC2)cc1. The lowest BCUT2D eigenvalue weighted by atomic mass is 9.87. The highest BCUT2D eigenvalue weighted by Gasteiger charge is 2.30. The Kier molecular flexibility index (Phi) is 4.40. The van der Waals surface area contributed by atoms with Crippen LogP contribution in [-0.4, -0.2) is 37.1 Å². The molecule has 1 atom stereocenters. The van der Waals surface area contributed by atoms with Crippen molar-refractivity contribution in [1.29, 1.82) is 0 Å². The van der Waals surface area contributed by atoms with Gasteiger partial charge >= 0.3 is 0 Å². The molecule has 1 fully saturated rings. The predicted octanol–water partition coefficient (Wildman–Crippen LogP) is 1.86. The Bertz CT molecular complexity index is 752. The first-order chi connectivity index (χ1) is 12.2. The van der Waals surface area contributed by atoms with Crippen molar-refractivity contribution >= 4 is 11.4 Å². The number of anilines is 1. The molecule has 1 aliphatic carbocycles. The molecule has 0 aromatic heterocycles. The van der Waals surface area contributed by atoms with Crippen molar-refractivity contribution in [1.82, 2.24) is 0 Å². The van der Waals surface area contributed by atoms with Gasteiger partial charge in [-0.25, -0.2) is 0 Å². The Hall–Kier alpha value is -2.40. The molecule has 0 saturated carbocycles. The normalized spacial score (nSPS) is 21.0. The molecule has 1 aliphatic heterocycles. The van der Waals surface area contributed by atoms with Gasteiger partial charge in [-0.3, -0.25) is 10.1 Å². The van der Waals surface area contributed by atoms with Gasteiger partial charge in [-0.2, -0.15) is 0 Å². The van der Waals surface area contributed by atoms with Crippen molar-refractivity contribution < 1.29 is 9.82 Å². The number of fused-ring (bicyclic) bond motifs is 1. The van der Waals surface area contributed by atoms with Gasteiger partial charge in [-0.15, -0.1) is 0 Å². The summed E-state index contributed by atoms with van der Waals surface area (Å²) in [4.78, 5) is 14.5. The lowest BCUT2D eigenvalue weighted by Crippen LogP contribution is -3.18. The van der Waals surface area contributed by atoms with E-state index in [0.29, 0.717) is 0 Å². The third-order valence-electron chi connectivity index (χ3n) is 5.76. The number of rotatable bonds is 3. The summed E-state index contributed by atoms with van der Waals surface area (Å²) in [5.74, 6) is 0. The number of nitrogens with one attached hydrogen (secondary N) is 1. The summed E-state index contributed by atoms with van der Waals surface area (Å²) in [7, 11) is 0. The lowest BCUT2D eigenvalue weighted by Gasteiger charge is -2.39. The minimum Gasteiger partial charge on any atom is -0.360 e. The van der Waals surface area contributed by atoms with Gasteiger partial charge < -0.3 is 9.80 Å². The average molecular weight is 338 g/mol. The average Bonchev–Trinajstić information content (AvgIpc) is 2.68. The Labute approximate surface area is 148 Å². The third-order valence-corrected chi connectivity index (χ3v) is 5.76. The molecule has 130 valence electrons. The van der Waals surface area contributed by atoms with Gasteiger partial charge in [0.25, 0.3) is 5.69 Å². The Morgan fingerprint density at radius 3 is 2.36 bits per heavy atom. The highest BCUT2D eigenvalue weighted by Crippen LogP contribution is 2.21. The minimum atomic E-state index is -0.340. The number of hydrogen-bond acceptors (Lipinski definition) is 3. The molecule has 25 heavy (non-hydrogen) atoms. The molecule has 0 bridgehead atoms. The van der Waals surface area contributed by atoms with Crippen molar-refractivity contribution in [2.24, 2.45) is 0 Å². The van der Waals surface area contributed by atoms with E-state index in [2.05, 4.69) is 29.2 Å². The van der Waals surface area contributed by atoms with Crippen molar-refractivity contribution in [3.05, 3.63) is 69.8 Å². The Morgan fingerprint density at radius 1 is 1.00 bits per heavy atom. The molecule has 5 heteroatoms. The second kappa shape index (κ2) is 6.84. The fraction of sp³-hybridized carbons (Fsp3) is 0.400. The summed E-state index contributed by atoms with van der Waals surface area (Å²) in [6, 6.07) is 16.5. The number of non-ortho nitro benzene ring substituents is 1. The number of quaternary nitrogens is 1. The highest BCUT2D eigenvalue weighted by molar-refractivity contribution is 5.51. The van der Waals surface area contributed by atoms with E-state index in [0.717, 1.165) is 37.9 Å². The Balaban J connectivity index is 1.36. The molecule has 2 aliphatic rings. The van der Waals surface area contributed by atoms with Crippen LogP contribution in [0.1, 0.15) is 17.5 Å². The highest BCUT2D eigenvalue weighted by atomic mass is 16.6. The van der Waals surface area contributed by atoms with E-state index in [1.807, 2.05) is 12.1 Å².